The van der Waals surface area contributed by atoms with Crippen LogP contribution in [0.15, 0.2) is 17.1 Å². The Kier molecular flexibility index (Phi) is 19.1. The zero-order valence-electron chi connectivity index (χ0n) is 21.1. The van der Waals surface area contributed by atoms with Crippen LogP contribution < -0.4 is 0 Å². The van der Waals surface area contributed by atoms with Gasteiger partial charge in [0.05, 0.1) is 6.54 Å². The maximum Gasteiger partial charge on any atom is 0.234 e. The van der Waals surface area contributed by atoms with Crippen molar-refractivity contribution < 1.29 is 4.79 Å². The topological polar surface area (TPSA) is 29.4 Å². The van der Waals surface area contributed by atoms with Crippen molar-refractivity contribution in [1.82, 2.24) is 0 Å². The summed E-state index contributed by atoms with van der Waals surface area (Å²) in [5.41, 5.74) is 0. The highest BCUT2D eigenvalue weighted by Crippen LogP contribution is 2.35. The second-order valence-electron chi connectivity index (χ2n) is 10.1. The Morgan fingerprint density at radius 2 is 1.48 bits per heavy atom. The number of nitrogens with zero attached hydrogens (tertiary/aromatic N) is 1. The van der Waals surface area contributed by atoms with Crippen molar-refractivity contribution in [3.63, 3.8) is 0 Å². The number of hydrogen-bond donors (Lipinski definition) is 0. The molecule has 0 bridgehead atoms. The Morgan fingerprint density at radius 1 is 0.806 bits per heavy atom. The summed E-state index contributed by atoms with van der Waals surface area (Å²) in [4.78, 5) is 13.7. The van der Waals surface area contributed by atoms with Crippen molar-refractivity contribution in [3.05, 3.63) is 12.2 Å². The second kappa shape index (κ2) is 21.0. The van der Waals surface area contributed by atoms with Crippen LogP contribution in [0.3, 0.4) is 0 Å². The van der Waals surface area contributed by atoms with E-state index in [-0.39, 0.29) is 0 Å². The Morgan fingerprint density at radius 3 is 2.13 bits per heavy atom. The Hall–Kier alpha value is -0.880. The maximum atomic E-state index is 10.1. The number of carbonyl (C=O) groups excluding carboxylic acids is 1. The van der Waals surface area contributed by atoms with Gasteiger partial charge in [0.25, 0.3) is 0 Å². The fraction of sp³-hybridized carbons (Fsp3) is 0.897. The first-order valence-corrected chi connectivity index (χ1v) is 14.0. The van der Waals surface area contributed by atoms with Crippen molar-refractivity contribution in [3.8, 4) is 0 Å². The van der Waals surface area contributed by atoms with Crippen LogP contribution in [0, 0.1) is 17.8 Å². The SMILES string of the molecule is CCCCCCCCC(CC)CCC(CCCCCCCCN=C=O)C1CC=CCC1. The molecule has 2 nitrogen and oxygen atoms in total. The lowest BCUT2D eigenvalue weighted by molar-refractivity contribution is 0.241. The molecule has 1 aliphatic carbocycles. The quantitative estimate of drug-likeness (QED) is 0.0769. The molecule has 180 valence electrons. The van der Waals surface area contributed by atoms with Crippen LogP contribution in [0.2, 0.25) is 0 Å². The Bertz CT molecular complexity index is 465. The van der Waals surface area contributed by atoms with Gasteiger partial charge in [0.15, 0.2) is 0 Å². The van der Waals surface area contributed by atoms with Crippen LogP contribution in [0.5, 0.6) is 0 Å². The summed E-state index contributed by atoms with van der Waals surface area (Å²) >= 11 is 0. The van der Waals surface area contributed by atoms with E-state index in [1.807, 2.05) is 0 Å². The van der Waals surface area contributed by atoms with Gasteiger partial charge >= 0.3 is 0 Å². The molecule has 0 aliphatic heterocycles. The van der Waals surface area contributed by atoms with Crippen LogP contribution in [-0.2, 0) is 4.79 Å². The molecule has 0 N–H and O–H groups in total. The highest BCUT2D eigenvalue weighted by atomic mass is 16.1. The largest absolute Gasteiger partial charge is 0.234 e. The first-order chi connectivity index (χ1) is 15.3. The number of isocyanates is 1. The van der Waals surface area contributed by atoms with Gasteiger partial charge in [-0.1, -0.05) is 122 Å². The Labute approximate surface area is 194 Å². The van der Waals surface area contributed by atoms with E-state index in [9.17, 15) is 4.79 Å². The molecule has 31 heavy (non-hydrogen) atoms. The lowest BCUT2D eigenvalue weighted by Crippen LogP contribution is -2.18. The summed E-state index contributed by atoms with van der Waals surface area (Å²) in [5, 5.41) is 0. The molecule has 0 aromatic heterocycles. The fourth-order valence-electron chi connectivity index (χ4n) is 5.43. The van der Waals surface area contributed by atoms with Gasteiger partial charge in [-0.15, -0.1) is 0 Å². The first kappa shape index (κ1) is 28.2. The summed E-state index contributed by atoms with van der Waals surface area (Å²) in [6.07, 6.45) is 34.0. The monoisotopic (exact) mass is 431 g/mol. The van der Waals surface area contributed by atoms with E-state index in [0.29, 0.717) is 6.54 Å². The predicted octanol–water partition coefficient (Wildman–Crippen LogP) is 9.58. The van der Waals surface area contributed by atoms with Gasteiger partial charge in [-0.3, -0.25) is 0 Å². The van der Waals surface area contributed by atoms with Gasteiger partial charge < -0.3 is 0 Å². The van der Waals surface area contributed by atoms with Gasteiger partial charge in [-0.2, -0.15) is 0 Å². The summed E-state index contributed by atoms with van der Waals surface area (Å²) < 4.78 is 0. The van der Waals surface area contributed by atoms with E-state index >= 15 is 0 Å². The molecular formula is C29H53NO. The second-order valence-corrected chi connectivity index (χ2v) is 10.1. The summed E-state index contributed by atoms with van der Waals surface area (Å²) in [6.45, 7) is 5.39. The van der Waals surface area contributed by atoms with Crippen molar-refractivity contribution in [2.24, 2.45) is 22.7 Å². The molecule has 3 unspecified atom stereocenters. The standard InChI is InChI=1S/C29H53NO/c1-3-5-6-7-10-14-19-27(4-2)23-24-29(28-20-16-13-17-21-28)22-15-11-8-9-12-18-25-30-26-31/h13,16,27-29H,3-12,14-15,17-25H2,1-2H3. The van der Waals surface area contributed by atoms with Gasteiger partial charge in [0.2, 0.25) is 6.08 Å². The highest BCUT2D eigenvalue weighted by Gasteiger charge is 2.22. The molecule has 1 rings (SSSR count). The highest BCUT2D eigenvalue weighted by molar-refractivity contribution is 5.32. The lowest BCUT2D eigenvalue weighted by Gasteiger charge is -2.29. The van der Waals surface area contributed by atoms with E-state index in [1.165, 1.54) is 122 Å². The molecule has 1 aliphatic rings. The summed E-state index contributed by atoms with van der Waals surface area (Å²) in [5.74, 6) is 2.85. The van der Waals surface area contributed by atoms with Crippen molar-refractivity contribution in [2.75, 3.05) is 6.54 Å². The zero-order chi connectivity index (χ0) is 22.4. The number of aliphatic imine (C=N–C) groups is 1. The molecule has 0 spiro atoms. The molecule has 0 heterocycles. The van der Waals surface area contributed by atoms with Crippen molar-refractivity contribution in [2.45, 2.75) is 142 Å². The smallest absolute Gasteiger partial charge is 0.211 e. The molecule has 0 amide bonds. The third-order valence-corrected chi connectivity index (χ3v) is 7.62. The van der Waals surface area contributed by atoms with Crippen LogP contribution in [0.1, 0.15) is 142 Å². The fourth-order valence-corrected chi connectivity index (χ4v) is 5.43. The third kappa shape index (κ3) is 15.5. The number of rotatable bonds is 21. The van der Waals surface area contributed by atoms with Crippen LogP contribution in [0.4, 0.5) is 0 Å². The normalized spacial score (nSPS) is 17.9. The minimum atomic E-state index is 0.665. The number of unbranched alkanes of at least 4 members (excludes halogenated alkanes) is 10. The van der Waals surface area contributed by atoms with Gasteiger partial charge in [-0.25, -0.2) is 9.79 Å². The summed E-state index contributed by atoms with van der Waals surface area (Å²) in [7, 11) is 0. The minimum absolute atomic E-state index is 0.665. The first-order valence-electron chi connectivity index (χ1n) is 14.0. The molecule has 2 heteroatoms. The molecule has 3 atom stereocenters. The predicted molar refractivity (Wildman–Crippen MR) is 136 cm³/mol. The molecule has 0 fully saturated rings. The molecule has 0 radical (unpaired) electrons. The Balaban J connectivity index is 2.26. The van der Waals surface area contributed by atoms with Crippen LogP contribution in [-0.4, -0.2) is 12.6 Å². The van der Waals surface area contributed by atoms with E-state index < -0.39 is 0 Å². The lowest BCUT2D eigenvalue weighted by atomic mass is 9.76. The average Bonchev–Trinajstić information content (AvgIpc) is 2.81. The maximum absolute atomic E-state index is 10.1. The van der Waals surface area contributed by atoms with Crippen LogP contribution >= 0.6 is 0 Å². The average molecular weight is 432 g/mol. The molecule has 0 saturated heterocycles. The number of hydrogen-bond acceptors (Lipinski definition) is 2. The van der Waals surface area contributed by atoms with Gasteiger partial charge in [0.1, 0.15) is 0 Å². The van der Waals surface area contributed by atoms with Gasteiger partial charge in [0, 0.05) is 0 Å². The molecule has 0 aromatic carbocycles. The molecular weight excluding hydrogens is 378 g/mol. The van der Waals surface area contributed by atoms with Crippen molar-refractivity contribution >= 4 is 6.08 Å². The van der Waals surface area contributed by atoms with E-state index in [4.69, 9.17) is 0 Å². The minimum Gasteiger partial charge on any atom is -0.211 e. The zero-order valence-corrected chi connectivity index (χ0v) is 21.1. The number of allylic oxidation sites excluding steroid dienone is 2. The van der Waals surface area contributed by atoms with Crippen LogP contribution in [0.25, 0.3) is 0 Å². The van der Waals surface area contributed by atoms with E-state index in [1.54, 1.807) is 6.08 Å². The summed E-state index contributed by atoms with van der Waals surface area (Å²) in [6, 6.07) is 0. The van der Waals surface area contributed by atoms with Crippen molar-refractivity contribution in [1.29, 1.82) is 0 Å². The molecule has 0 saturated carbocycles. The van der Waals surface area contributed by atoms with E-state index in [0.717, 1.165) is 24.2 Å². The molecule has 0 aromatic rings. The van der Waals surface area contributed by atoms with E-state index in [2.05, 4.69) is 31.0 Å². The third-order valence-electron chi connectivity index (χ3n) is 7.62. The van der Waals surface area contributed by atoms with Gasteiger partial charge in [-0.05, 0) is 49.9 Å².